The molecule has 3 fully saturated rings. The van der Waals surface area contributed by atoms with Crippen molar-refractivity contribution in [1.82, 2.24) is 20.5 Å². The standard InChI is InChI=1S/C41H51ClN4O6/c42-38-32(39(29-12-7-6-8-13-29)45-41(50)52-36-27-46-23-20-28(36)21-24-46)14-11-15-35(38)51-25-10-5-3-1-2-4-9-22-43-26-34(48)30-16-18-33(47)40-31(30)17-19-37(49)44-40/h6-8,11-19,28,34,36,39,43,47-48H,1-5,9-10,20-27H2,(H,44,49)(H,45,50). The highest BCUT2D eigenvalue weighted by Gasteiger charge is 2.37. The van der Waals surface area contributed by atoms with Crippen LogP contribution in [0.3, 0.4) is 0 Å². The predicted molar refractivity (Wildman–Crippen MR) is 204 cm³/mol. The minimum atomic E-state index is -0.751. The van der Waals surface area contributed by atoms with Crippen molar-refractivity contribution in [3.63, 3.8) is 0 Å². The van der Waals surface area contributed by atoms with Crippen molar-refractivity contribution in [3.05, 3.63) is 105 Å². The van der Waals surface area contributed by atoms with Crippen molar-refractivity contribution in [2.24, 2.45) is 5.92 Å². The van der Waals surface area contributed by atoms with Gasteiger partial charge >= 0.3 is 6.09 Å². The van der Waals surface area contributed by atoms with Gasteiger partial charge in [-0.2, -0.15) is 0 Å². The van der Waals surface area contributed by atoms with Gasteiger partial charge in [0.05, 0.1) is 29.3 Å². The van der Waals surface area contributed by atoms with E-state index in [4.69, 9.17) is 21.1 Å². The van der Waals surface area contributed by atoms with Crippen LogP contribution >= 0.6 is 11.6 Å². The van der Waals surface area contributed by atoms with Gasteiger partial charge in [-0.3, -0.25) is 9.69 Å². The average molecular weight is 731 g/mol. The van der Waals surface area contributed by atoms with Gasteiger partial charge in [0.25, 0.3) is 0 Å². The van der Waals surface area contributed by atoms with Gasteiger partial charge in [-0.15, -0.1) is 0 Å². The number of aromatic hydroxyl groups is 1. The fraction of sp³-hybridized carbons (Fsp3) is 0.463. The third-order valence-corrected chi connectivity index (χ3v) is 10.8. The summed E-state index contributed by atoms with van der Waals surface area (Å²) in [5, 5.41) is 28.4. The first-order valence-corrected chi connectivity index (χ1v) is 19.1. The first-order chi connectivity index (χ1) is 25.4. The molecule has 3 aliphatic rings. The second-order valence-corrected chi connectivity index (χ2v) is 14.4. The van der Waals surface area contributed by atoms with Crippen molar-refractivity contribution in [2.45, 2.75) is 76.0 Å². The summed E-state index contributed by atoms with van der Waals surface area (Å²) < 4.78 is 12.1. The average Bonchev–Trinajstić information content (AvgIpc) is 3.16. The van der Waals surface area contributed by atoms with Crippen LogP contribution in [0.15, 0.2) is 77.6 Å². The number of phenolic OH excluding ortho intramolecular Hbond substituents is 1. The molecule has 5 N–H and O–H groups in total. The maximum absolute atomic E-state index is 13.2. The van der Waals surface area contributed by atoms with E-state index < -0.39 is 18.2 Å². The SMILES string of the molecule is O=C(NC(c1ccccc1)c1cccc(OCCCCCCCCCNCC(O)c2ccc(O)c3[nH]c(=O)ccc23)c1Cl)OC1CN2CCC1CC2. The quantitative estimate of drug-likeness (QED) is 0.0677. The van der Waals surface area contributed by atoms with Gasteiger partial charge in [0.1, 0.15) is 17.6 Å². The number of ether oxygens (including phenoxy) is 2. The van der Waals surface area contributed by atoms with Crippen LogP contribution in [0.4, 0.5) is 4.79 Å². The van der Waals surface area contributed by atoms with Crippen molar-refractivity contribution >= 4 is 28.6 Å². The number of fused-ring (bicyclic) bond motifs is 4. The molecule has 11 heteroatoms. The molecule has 2 bridgehead atoms. The number of halogens is 1. The van der Waals surface area contributed by atoms with Gasteiger partial charge in [0.15, 0.2) is 0 Å². The highest BCUT2D eigenvalue weighted by molar-refractivity contribution is 6.33. The summed E-state index contributed by atoms with van der Waals surface area (Å²) in [7, 11) is 0. The Kier molecular flexibility index (Phi) is 13.5. The maximum Gasteiger partial charge on any atom is 0.408 e. The summed E-state index contributed by atoms with van der Waals surface area (Å²) in [5.41, 5.74) is 2.40. The Labute approximate surface area is 310 Å². The lowest BCUT2D eigenvalue weighted by molar-refractivity contribution is -0.0336. The number of pyridine rings is 1. The molecule has 7 rings (SSSR count). The maximum atomic E-state index is 13.2. The summed E-state index contributed by atoms with van der Waals surface area (Å²) >= 11 is 6.93. The second-order valence-electron chi connectivity index (χ2n) is 14.1. The molecule has 278 valence electrons. The molecule has 3 saturated heterocycles. The van der Waals surface area contributed by atoms with Crippen LogP contribution in [0.5, 0.6) is 11.5 Å². The smallest absolute Gasteiger partial charge is 0.408 e. The Balaban J connectivity index is 0.881. The molecule has 1 amide bonds. The van der Waals surface area contributed by atoms with Gasteiger partial charge in [-0.25, -0.2) is 4.79 Å². The first kappa shape index (κ1) is 37.7. The number of hydrogen-bond donors (Lipinski definition) is 5. The van der Waals surface area contributed by atoms with Crippen molar-refractivity contribution in [3.8, 4) is 11.5 Å². The van der Waals surface area contributed by atoms with E-state index >= 15 is 0 Å². The van der Waals surface area contributed by atoms with Crippen LogP contribution < -0.4 is 20.9 Å². The lowest BCUT2D eigenvalue weighted by Gasteiger charge is -2.43. The summed E-state index contributed by atoms with van der Waals surface area (Å²) in [5.74, 6) is 1.02. The summed E-state index contributed by atoms with van der Waals surface area (Å²) in [6, 6.07) is 21.3. The van der Waals surface area contributed by atoms with Crippen molar-refractivity contribution in [1.29, 1.82) is 0 Å². The third-order valence-electron chi connectivity index (χ3n) is 10.4. The zero-order chi connectivity index (χ0) is 36.3. The zero-order valence-electron chi connectivity index (χ0n) is 29.7. The van der Waals surface area contributed by atoms with Gasteiger partial charge in [-0.05, 0) is 80.6 Å². The Bertz CT molecular complexity index is 1810. The number of alkyl carbamates (subject to hydrolysis) is 1. The molecule has 4 aromatic rings. The highest BCUT2D eigenvalue weighted by Crippen LogP contribution is 2.36. The van der Waals surface area contributed by atoms with Gasteiger partial charge < -0.3 is 35.3 Å². The number of carbonyl (C=O) groups is 1. The number of nitrogens with one attached hydrogen (secondary N) is 3. The topological polar surface area (TPSA) is 136 Å². The number of hydrogen-bond acceptors (Lipinski definition) is 8. The van der Waals surface area contributed by atoms with Crippen LogP contribution in [0.1, 0.15) is 86.6 Å². The number of H-pyrrole nitrogens is 1. The number of phenols is 1. The number of rotatable bonds is 18. The number of unbranched alkanes of at least 4 members (excludes halogenated alkanes) is 6. The fourth-order valence-electron chi connectivity index (χ4n) is 7.50. The van der Waals surface area contributed by atoms with E-state index in [2.05, 4.69) is 20.5 Å². The summed E-state index contributed by atoms with van der Waals surface area (Å²) in [6.07, 6.45) is 8.42. The van der Waals surface area contributed by atoms with Crippen LogP contribution in [-0.4, -0.2) is 71.6 Å². The largest absolute Gasteiger partial charge is 0.506 e. The number of aromatic amines is 1. The minimum Gasteiger partial charge on any atom is -0.506 e. The Morgan fingerprint density at radius 2 is 1.65 bits per heavy atom. The number of piperidine rings is 3. The van der Waals surface area contributed by atoms with E-state index in [1.54, 1.807) is 12.1 Å². The molecular weight excluding hydrogens is 680 g/mol. The fourth-order valence-corrected chi connectivity index (χ4v) is 7.79. The highest BCUT2D eigenvalue weighted by atomic mass is 35.5. The van der Waals surface area contributed by atoms with E-state index in [-0.39, 0.29) is 17.4 Å². The summed E-state index contributed by atoms with van der Waals surface area (Å²) in [6.45, 7) is 4.73. The Morgan fingerprint density at radius 3 is 2.40 bits per heavy atom. The minimum absolute atomic E-state index is 0.0141. The van der Waals surface area contributed by atoms with Gasteiger partial charge in [0.2, 0.25) is 5.56 Å². The lowest BCUT2D eigenvalue weighted by Crippen LogP contribution is -2.52. The van der Waals surface area contributed by atoms with E-state index in [1.807, 2.05) is 48.5 Å². The second kappa shape index (κ2) is 18.6. The predicted octanol–water partition coefficient (Wildman–Crippen LogP) is 7.23. The lowest BCUT2D eigenvalue weighted by atomic mass is 9.86. The van der Waals surface area contributed by atoms with Gasteiger partial charge in [-0.1, -0.05) is 92.2 Å². The monoisotopic (exact) mass is 730 g/mol. The molecule has 3 aliphatic heterocycles. The van der Waals surface area contributed by atoms with E-state index in [0.29, 0.717) is 46.3 Å². The number of aliphatic hydroxyl groups is 1. The zero-order valence-corrected chi connectivity index (χ0v) is 30.5. The number of amides is 1. The number of carbonyl (C=O) groups excluding carboxylic acids is 1. The number of aliphatic hydroxyl groups excluding tert-OH is 1. The van der Waals surface area contributed by atoms with Crippen molar-refractivity contribution in [2.75, 3.05) is 39.3 Å². The molecule has 0 saturated carbocycles. The molecule has 0 radical (unpaired) electrons. The van der Waals surface area contributed by atoms with E-state index in [0.717, 1.165) is 95.1 Å². The van der Waals surface area contributed by atoms with Crippen LogP contribution in [0.2, 0.25) is 5.02 Å². The van der Waals surface area contributed by atoms with Crippen LogP contribution in [0, 0.1) is 5.92 Å². The molecule has 3 aromatic carbocycles. The Hall–Kier alpha value is -4.09. The normalized spacial score (nSPS) is 19.3. The molecule has 0 spiro atoms. The van der Waals surface area contributed by atoms with Crippen LogP contribution in [-0.2, 0) is 4.74 Å². The number of benzene rings is 3. The Morgan fingerprint density at radius 1 is 0.904 bits per heavy atom. The van der Waals surface area contributed by atoms with E-state index in [9.17, 15) is 19.8 Å². The molecule has 10 nitrogen and oxygen atoms in total. The number of nitrogens with zero attached hydrogens (tertiary/aromatic N) is 1. The summed E-state index contributed by atoms with van der Waals surface area (Å²) in [4.78, 5) is 29.9. The van der Waals surface area contributed by atoms with Crippen LogP contribution in [0.25, 0.3) is 10.9 Å². The molecular formula is C41H51ClN4O6. The molecule has 1 aromatic heterocycles. The molecule has 3 unspecified atom stereocenters. The van der Waals surface area contributed by atoms with E-state index in [1.165, 1.54) is 12.1 Å². The third kappa shape index (κ3) is 9.86. The first-order valence-electron chi connectivity index (χ1n) is 18.8. The van der Waals surface area contributed by atoms with Gasteiger partial charge in [0, 0.05) is 30.1 Å². The number of aromatic nitrogens is 1. The van der Waals surface area contributed by atoms with Crippen molar-refractivity contribution < 1.29 is 24.5 Å². The molecule has 4 heterocycles. The molecule has 52 heavy (non-hydrogen) atoms. The molecule has 0 aliphatic carbocycles. The molecule has 3 atom stereocenters.